The fraction of sp³-hybridized carbons (Fsp3) is 1.00. The smallest absolute Gasteiger partial charge is 0.0352 e. The van der Waals surface area contributed by atoms with Crippen molar-refractivity contribution in [1.29, 1.82) is 0 Å². The predicted molar refractivity (Wildman–Crippen MR) is 143 cm³/mol. The maximum atomic E-state index is 2.60. The van der Waals surface area contributed by atoms with Crippen LogP contribution in [0.25, 0.3) is 0 Å². The fourth-order valence-corrected chi connectivity index (χ4v) is 8.88. The molecule has 0 amide bonds. The first-order chi connectivity index (χ1) is 15.2. The molecule has 4 aliphatic carbocycles. The van der Waals surface area contributed by atoms with Gasteiger partial charge in [0.05, 0.1) is 0 Å². The summed E-state index contributed by atoms with van der Waals surface area (Å²) >= 11 is 0. The lowest BCUT2D eigenvalue weighted by molar-refractivity contribution is 0.181. The summed E-state index contributed by atoms with van der Waals surface area (Å²) in [7, 11) is 0. The van der Waals surface area contributed by atoms with Crippen LogP contribution in [-0.2, 0) is 0 Å². The first-order valence-corrected chi connectivity index (χ1v) is 15.2. The summed E-state index contributed by atoms with van der Waals surface area (Å²) in [6.07, 6.45) is 19.6. The second-order valence-corrected chi connectivity index (χ2v) is 13.8. The highest BCUT2D eigenvalue weighted by Crippen LogP contribution is 2.56. The molecule has 0 spiro atoms. The highest BCUT2D eigenvalue weighted by molar-refractivity contribution is 4.97. The van der Waals surface area contributed by atoms with Gasteiger partial charge in [-0.1, -0.05) is 100 Å². The zero-order valence-corrected chi connectivity index (χ0v) is 23.5. The van der Waals surface area contributed by atoms with E-state index in [-0.39, 0.29) is 0 Å². The molecule has 0 saturated heterocycles. The predicted octanol–water partition coefficient (Wildman–Crippen LogP) is 10.4. The van der Waals surface area contributed by atoms with Gasteiger partial charge in [-0.05, 0) is 103 Å². The molecular formula is C32H60. The van der Waals surface area contributed by atoms with E-state index >= 15 is 0 Å². The van der Waals surface area contributed by atoms with Gasteiger partial charge in [0.25, 0.3) is 0 Å². The molecule has 4 fully saturated rings. The van der Waals surface area contributed by atoms with E-state index in [1.54, 1.807) is 38.5 Å². The Morgan fingerprint density at radius 3 is 1.19 bits per heavy atom. The highest BCUT2D eigenvalue weighted by atomic mass is 14.5. The molecule has 4 rings (SSSR count). The first-order valence-electron chi connectivity index (χ1n) is 15.2. The average Bonchev–Trinajstić information content (AvgIpc) is 3.20. The molecule has 0 heterocycles. The van der Waals surface area contributed by atoms with E-state index in [1.807, 2.05) is 0 Å². The average molecular weight is 445 g/mol. The zero-order valence-electron chi connectivity index (χ0n) is 23.5. The van der Waals surface area contributed by atoms with Crippen LogP contribution in [0, 0.1) is 64.6 Å². The van der Waals surface area contributed by atoms with Gasteiger partial charge in [-0.3, -0.25) is 0 Å². The molecule has 0 aromatic rings. The van der Waals surface area contributed by atoms with Crippen molar-refractivity contribution in [2.24, 2.45) is 64.6 Å². The Morgan fingerprint density at radius 2 is 0.875 bits per heavy atom. The van der Waals surface area contributed by atoms with Crippen LogP contribution in [0.5, 0.6) is 0 Å². The minimum Gasteiger partial charge on any atom is -0.0649 e. The van der Waals surface area contributed by atoms with Crippen molar-refractivity contribution >= 4 is 0 Å². The van der Waals surface area contributed by atoms with Crippen LogP contribution in [0.2, 0.25) is 0 Å². The van der Waals surface area contributed by atoms with Crippen molar-refractivity contribution in [2.45, 2.75) is 139 Å². The minimum atomic E-state index is 0.583. The van der Waals surface area contributed by atoms with Crippen molar-refractivity contribution in [3.63, 3.8) is 0 Å². The molecule has 0 N–H and O–H groups in total. The molecule has 0 radical (unpaired) electrons. The van der Waals surface area contributed by atoms with Gasteiger partial charge in [-0.25, -0.2) is 0 Å². The number of rotatable bonds is 6. The van der Waals surface area contributed by atoms with E-state index in [4.69, 9.17) is 0 Å². The Balaban J connectivity index is 0.000000360. The maximum Gasteiger partial charge on any atom is -0.0352 e. The number of fused-ring (bicyclic) bond motifs is 2. The standard InChI is InChI=1S/C25H44.C7H16/c1-16-18(3)22(24-12-7-5-10-20(16)24)14-9-15-23-19(4)17(2)21-11-6-8-13-25(21)23;1-5-7(3,4)6-2/h16-25H,5-15H2,1-4H3;5-6H2,1-4H3. The molecular weight excluding hydrogens is 384 g/mol. The molecule has 188 valence electrons. The van der Waals surface area contributed by atoms with Crippen molar-refractivity contribution in [1.82, 2.24) is 0 Å². The van der Waals surface area contributed by atoms with Crippen LogP contribution < -0.4 is 0 Å². The fourth-order valence-electron chi connectivity index (χ4n) is 8.88. The second kappa shape index (κ2) is 11.6. The maximum absolute atomic E-state index is 2.60. The van der Waals surface area contributed by atoms with Crippen LogP contribution in [0.1, 0.15) is 139 Å². The molecule has 4 saturated carbocycles. The van der Waals surface area contributed by atoms with Gasteiger partial charge in [0.2, 0.25) is 0 Å². The molecule has 10 unspecified atom stereocenters. The quantitative estimate of drug-likeness (QED) is 0.382. The van der Waals surface area contributed by atoms with Crippen molar-refractivity contribution in [3.05, 3.63) is 0 Å². The third kappa shape index (κ3) is 5.79. The van der Waals surface area contributed by atoms with Gasteiger partial charge < -0.3 is 0 Å². The van der Waals surface area contributed by atoms with E-state index in [0.29, 0.717) is 5.41 Å². The largest absolute Gasteiger partial charge is 0.0649 e. The van der Waals surface area contributed by atoms with Crippen molar-refractivity contribution in [2.75, 3.05) is 0 Å². The Hall–Kier alpha value is 0. The minimum absolute atomic E-state index is 0.583. The van der Waals surface area contributed by atoms with E-state index in [2.05, 4.69) is 55.4 Å². The molecule has 32 heavy (non-hydrogen) atoms. The summed E-state index contributed by atoms with van der Waals surface area (Å²) < 4.78 is 0. The lowest BCUT2D eigenvalue weighted by atomic mass is 9.73. The summed E-state index contributed by atoms with van der Waals surface area (Å²) in [5, 5.41) is 0. The van der Waals surface area contributed by atoms with Crippen LogP contribution in [0.4, 0.5) is 0 Å². The molecule has 0 aromatic carbocycles. The van der Waals surface area contributed by atoms with Gasteiger partial charge in [-0.15, -0.1) is 0 Å². The van der Waals surface area contributed by atoms with Gasteiger partial charge in [0.15, 0.2) is 0 Å². The van der Waals surface area contributed by atoms with Crippen LogP contribution in [0.3, 0.4) is 0 Å². The number of hydrogen-bond acceptors (Lipinski definition) is 0. The first kappa shape index (κ1) is 26.6. The summed E-state index contributed by atoms with van der Waals surface area (Å²) in [6.45, 7) is 19.4. The van der Waals surface area contributed by atoms with Gasteiger partial charge >= 0.3 is 0 Å². The summed E-state index contributed by atoms with van der Waals surface area (Å²) in [5.41, 5.74) is 0.583. The summed E-state index contributed by atoms with van der Waals surface area (Å²) in [4.78, 5) is 0. The Morgan fingerprint density at radius 1 is 0.531 bits per heavy atom. The lowest BCUT2D eigenvalue weighted by Gasteiger charge is -2.32. The summed E-state index contributed by atoms with van der Waals surface area (Å²) in [5.74, 6) is 10.5. The van der Waals surface area contributed by atoms with Crippen LogP contribution in [-0.4, -0.2) is 0 Å². The third-order valence-corrected chi connectivity index (χ3v) is 12.2. The second-order valence-electron chi connectivity index (χ2n) is 13.8. The third-order valence-electron chi connectivity index (χ3n) is 12.2. The molecule has 10 atom stereocenters. The Labute approximate surface area is 203 Å². The zero-order chi connectivity index (χ0) is 23.5. The van der Waals surface area contributed by atoms with E-state index in [9.17, 15) is 0 Å². The van der Waals surface area contributed by atoms with Gasteiger partial charge in [0, 0.05) is 0 Å². The van der Waals surface area contributed by atoms with E-state index in [0.717, 1.165) is 59.2 Å². The molecule has 0 heteroatoms. The molecule has 4 aliphatic rings. The van der Waals surface area contributed by atoms with Crippen LogP contribution >= 0.6 is 0 Å². The lowest BCUT2D eigenvalue weighted by Crippen LogP contribution is -2.22. The molecule has 0 nitrogen and oxygen atoms in total. The monoisotopic (exact) mass is 444 g/mol. The van der Waals surface area contributed by atoms with Gasteiger partial charge in [-0.2, -0.15) is 0 Å². The van der Waals surface area contributed by atoms with E-state index in [1.165, 1.54) is 44.9 Å². The van der Waals surface area contributed by atoms with Crippen LogP contribution in [0.15, 0.2) is 0 Å². The Kier molecular flexibility index (Phi) is 9.66. The molecule has 0 bridgehead atoms. The SMILES string of the molecule is CC1C(C)C(CCCC2C(C)C(C)C3CCCCC32)C2CCCCC12.CCC(C)(C)CC. The van der Waals surface area contributed by atoms with Crippen molar-refractivity contribution < 1.29 is 0 Å². The summed E-state index contributed by atoms with van der Waals surface area (Å²) in [6, 6.07) is 0. The van der Waals surface area contributed by atoms with Gasteiger partial charge in [0.1, 0.15) is 0 Å². The molecule has 0 aromatic heterocycles. The molecule has 0 aliphatic heterocycles. The highest BCUT2D eigenvalue weighted by Gasteiger charge is 2.48. The Bertz CT molecular complexity index is 500. The number of hydrogen-bond donors (Lipinski definition) is 0. The van der Waals surface area contributed by atoms with E-state index < -0.39 is 0 Å². The normalized spacial score (nSPS) is 43.9. The van der Waals surface area contributed by atoms with Crippen molar-refractivity contribution in [3.8, 4) is 0 Å². The topological polar surface area (TPSA) is 0 Å².